The van der Waals surface area contributed by atoms with Crippen molar-refractivity contribution in [2.45, 2.75) is 110 Å². The maximum Gasteiger partial charge on any atom is 0.289 e. The number of carbonyl (C=O) groups is 5. The molecule has 1 unspecified atom stereocenters. The SMILES string of the molecule is C=CCNC(=O)C(=O)[C@@H](CCC)NC(=O)[C@@H]1[C@@H]2C(CN1C(=O)[C@@H](NC(=O)[C@H](CC(C)C)NS(C)(=O)=O)C1CCCCC1)C2(C)C. The number of likely N-dealkylation sites (tertiary alicyclic amines) is 1. The smallest absolute Gasteiger partial charge is 0.289 e. The zero-order valence-electron chi connectivity index (χ0n) is 27.7. The number of piperidine rings is 1. The van der Waals surface area contributed by atoms with Crippen LogP contribution in [0.1, 0.15) is 86.0 Å². The highest BCUT2D eigenvalue weighted by Crippen LogP contribution is 2.65. The number of ketones is 1. The molecule has 0 spiro atoms. The van der Waals surface area contributed by atoms with Crippen molar-refractivity contribution in [3.8, 4) is 0 Å². The van der Waals surface area contributed by atoms with Gasteiger partial charge in [0.15, 0.2) is 0 Å². The van der Waals surface area contributed by atoms with Crippen LogP contribution in [0.5, 0.6) is 0 Å². The van der Waals surface area contributed by atoms with Gasteiger partial charge in [0.05, 0.1) is 12.3 Å². The zero-order valence-corrected chi connectivity index (χ0v) is 28.5. The van der Waals surface area contributed by atoms with Gasteiger partial charge in [-0.3, -0.25) is 24.0 Å². The lowest BCUT2D eigenvalue weighted by Crippen LogP contribution is -2.61. The van der Waals surface area contributed by atoms with Crippen LogP contribution < -0.4 is 20.7 Å². The van der Waals surface area contributed by atoms with Crippen molar-refractivity contribution in [2.75, 3.05) is 19.3 Å². The maximum atomic E-state index is 14.4. The lowest BCUT2D eigenvalue weighted by Gasteiger charge is -2.37. The van der Waals surface area contributed by atoms with E-state index >= 15 is 0 Å². The second-order valence-corrected chi connectivity index (χ2v) is 15.8. The fraction of sp³-hybridized carbons (Fsp3) is 0.781. The number of hydrogen-bond donors (Lipinski definition) is 4. The first kappa shape index (κ1) is 36.7. The van der Waals surface area contributed by atoms with E-state index < -0.39 is 57.7 Å². The van der Waals surface area contributed by atoms with E-state index in [0.29, 0.717) is 13.0 Å². The first-order valence-electron chi connectivity index (χ1n) is 16.3. The Morgan fingerprint density at radius 3 is 2.22 bits per heavy atom. The molecule has 1 saturated heterocycles. The van der Waals surface area contributed by atoms with Crippen LogP contribution in [0.15, 0.2) is 12.7 Å². The highest BCUT2D eigenvalue weighted by molar-refractivity contribution is 7.88. The molecule has 3 fully saturated rings. The molecule has 4 amide bonds. The van der Waals surface area contributed by atoms with Gasteiger partial charge in [0.1, 0.15) is 18.1 Å². The van der Waals surface area contributed by atoms with Crippen molar-refractivity contribution >= 4 is 39.4 Å². The van der Waals surface area contributed by atoms with E-state index in [4.69, 9.17) is 0 Å². The fourth-order valence-electron chi connectivity index (χ4n) is 7.26. The summed E-state index contributed by atoms with van der Waals surface area (Å²) in [5, 5.41) is 8.17. The number of nitrogens with zero attached hydrogens (tertiary/aromatic N) is 1. The first-order chi connectivity index (χ1) is 21.0. The van der Waals surface area contributed by atoms with Crippen LogP contribution in [0.25, 0.3) is 0 Å². The van der Waals surface area contributed by atoms with Gasteiger partial charge in [0.25, 0.3) is 5.91 Å². The molecule has 2 saturated carbocycles. The summed E-state index contributed by atoms with van der Waals surface area (Å²) in [5.74, 6) is -3.22. The van der Waals surface area contributed by atoms with Crippen molar-refractivity contribution in [1.29, 1.82) is 0 Å². The van der Waals surface area contributed by atoms with Gasteiger partial charge < -0.3 is 20.9 Å². The van der Waals surface area contributed by atoms with E-state index in [-0.39, 0.29) is 54.4 Å². The third-order valence-electron chi connectivity index (χ3n) is 9.67. The minimum atomic E-state index is -3.70. The fourth-order valence-corrected chi connectivity index (χ4v) is 7.98. The van der Waals surface area contributed by atoms with Gasteiger partial charge in [-0.1, -0.05) is 66.4 Å². The van der Waals surface area contributed by atoms with Crippen LogP contribution in [0.4, 0.5) is 0 Å². The van der Waals surface area contributed by atoms with Crippen molar-refractivity contribution in [3.63, 3.8) is 0 Å². The molecular formula is C32H53N5O7S. The summed E-state index contributed by atoms with van der Waals surface area (Å²) < 4.78 is 26.6. The molecule has 1 aliphatic heterocycles. The molecule has 12 nitrogen and oxygen atoms in total. The molecule has 6 atom stereocenters. The molecule has 0 aromatic heterocycles. The summed E-state index contributed by atoms with van der Waals surface area (Å²) in [5.41, 5.74) is -0.199. The number of sulfonamides is 1. The van der Waals surface area contributed by atoms with E-state index in [0.717, 1.165) is 38.4 Å². The van der Waals surface area contributed by atoms with Crippen molar-refractivity contribution in [2.24, 2.45) is 29.1 Å². The Kier molecular flexibility index (Phi) is 12.4. The third kappa shape index (κ3) is 9.15. The Balaban J connectivity index is 1.89. The van der Waals surface area contributed by atoms with E-state index in [2.05, 4.69) is 41.1 Å². The van der Waals surface area contributed by atoms with Gasteiger partial charge in [-0.25, -0.2) is 13.1 Å². The van der Waals surface area contributed by atoms with Crippen LogP contribution in [-0.4, -0.2) is 86.2 Å². The van der Waals surface area contributed by atoms with Crippen molar-refractivity contribution < 1.29 is 32.4 Å². The Labute approximate surface area is 268 Å². The minimum Gasteiger partial charge on any atom is -0.346 e. The monoisotopic (exact) mass is 651 g/mol. The average molecular weight is 652 g/mol. The molecule has 13 heteroatoms. The quantitative estimate of drug-likeness (QED) is 0.145. The van der Waals surface area contributed by atoms with Gasteiger partial charge in [0, 0.05) is 13.1 Å². The van der Waals surface area contributed by atoms with Gasteiger partial charge in [-0.15, -0.1) is 6.58 Å². The zero-order chi connectivity index (χ0) is 33.7. The number of fused-ring (bicyclic) bond motifs is 1. The molecule has 3 rings (SSSR count). The van der Waals surface area contributed by atoms with Crippen LogP contribution in [-0.2, 0) is 34.0 Å². The van der Waals surface area contributed by atoms with Crippen LogP contribution >= 0.6 is 0 Å². The number of nitrogens with one attached hydrogen (secondary N) is 4. The number of amides is 4. The lowest BCUT2D eigenvalue weighted by molar-refractivity contribution is -0.146. The highest BCUT2D eigenvalue weighted by Gasteiger charge is 2.69. The lowest BCUT2D eigenvalue weighted by atomic mass is 9.82. The largest absolute Gasteiger partial charge is 0.346 e. The van der Waals surface area contributed by atoms with Crippen molar-refractivity contribution in [3.05, 3.63) is 12.7 Å². The first-order valence-corrected chi connectivity index (χ1v) is 18.2. The summed E-state index contributed by atoms with van der Waals surface area (Å²) in [4.78, 5) is 68.9. The topological polar surface area (TPSA) is 171 Å². The second kappa shape index (κ2) is 15.2. The molecular weight excluding hydrogens is 598 g/mol. The van der Waals surface area contributed by atoms with E-state index in [1.165, 1.54) is 6.08 Å². The third-order valence-corrected chi connectivity index (χ3v) is 10.4. The number of hydrogen-bond acceptors (Lipinski definition) is 7. The average Bonchev–Trinajstić information content (AvgIpc) is 3.28. The molecule has 1 heterocycles. The maximum absolute atomic E-state index is 14.4. The Morgan fingerprint density at radius 2 is 1.67 bits per heavy atom. The second-order valence-electron chi connectivity index (χ2n) is 14.1. The Hall–Kier alpha value is -2.80. The van der Waals surface area contributed by atoms with E-state index in [9.17, 15) is 32.4 Å². The van der Waals surface area contributed by atoms with Crippen LogP contribution in [0, 0.1) is 29.1 Å². The number of carbonyl (C=O) groups excluding carboxylic acids is 5. The molecule has 0 aromatic carbocycles. The normalized spacial score (nSPS) is 24.6. The molecule has 0 bridgehead atoms. The molecule has 45 heavy (non-hydrogen) atoms. The number of rotatable bonds is 16. The highest BCUT2D eigenvalue weighted by atomic mass is 32.2. The summed E-state index contributed by atoms with van der Waals surface area (Å²) in [6, 6.07) is -3.89. The van der Waals surface area contributed by atoms with E-state index in [1.54, 1.807) is 4.90 Å². The summed E-state index contributed by atoms with van der Waals surface area (Å²) >= 11 is 0. The van der Waals surface area contributed by atoms with E-state index in [1.807, 2.05) is 20.8 Å². The van der Waals surface area contributed by atoms with Crippen LogP contribution in [0.2, 0.25) is 0 Å². The van der Waals surface area contributed by atoms with Gasteiger partial charge >= 0.3 is 0 Å². The molecule has 3 aliphatic rings. The standard InChI is InChI=1S/C32H53N5O7S/c1-8-13-22(27(38)30(41)33-16-9-2)34-29(40)26-24-21(32(24,5)6)18-37(26)31(42)25(20-14-11-10-12-15-20)35-28(39)23(17-19(3)4)36-45(7,43)44/h9,19-26,36H,2,8,10-18H2,1,3-7H3,(H,33,41)(H,34,40)(H,35,39)/t21?,22-,23+,24+,25+,26+/m1/s1. The summed E-state index contributed by atoms with van der Waals surface area (Å²) in [6.45, 7) is 13.7. The molecule has 254 valence electrons. The predicted octanol–water partition coefficient (Wildman–Crippen LogP) is 1.65. The number of Topliss-reactive ketones (excluding diaryl/α,β-unsaturated/α-hetero) is 1. The van der Waals surface area contributed by atoms with Crippen molar-refractivity contribution in [1.82, 2.24) is 25.6 Å². The predicted molar refractivity (Wildman–Crippen MR) is 171 cm³/mol. The summed E-state index contributed by atoms with van der Waals surface area (Å²) in [6.07, 6.45) is 7.79. The van der Waals surface area contributed by atoms with Gasteiger partial charge in [0.2, 0.25) is 33.5 Å². The minimum absolute atomic E-state index is 0.0115. The molecule has 4 N–H and O–H groups in total. The Bertz CT molecular complexity index is 1240. The Morgan fingerprint density at radius 1 is 1.02 bits per heavy atom. The summed E-state index contributed by atoms with van der Waals surface area (Å²) in [7, 11) is -3.70. The molecule has 2 aliphatic carbocycles. The molecule has 0 radical (unpaired) electrons. The van der Waals surface area contributed by atoms with Gasteiger partial charge in [-0.05, 0) is 54.8 Å². The van der Waals surface area contributed by atoms with Crippen LogP contribution in [0.3, 0.4) is 0 Å². The molecule has 0 aromatic rings. The van der Waals surface area contributed by atoms with Gasteiger partial charge in [-0.2, -0.15) is 0 Å².